The lowest BCUT2D eigenvalue weighted by Gasteiger charge is -2.35. The van der Waals surface area contributed by atoms with Gasteiger partial charge in [0, 0.05) is 26.2 Å². The molecule has 35 heavy (non-hydrogen) atoms. The summed E-state index contributed by atoms with van der Waals surface area (Å²) in [6.45, 7) is 6.22. The van der Waals surface area contributed by atoms with Crippen LogP contribution in [0, 0.1) is 13.8 Å². The van der Waals surface area contributed by atoms with Gasteiger partial charge in [0.2, 0.25) is 10.0 Å². The smallest absolute Gasteiger partial charge is 0.326 e. The van der Waals surface area contributed by atoms with Crippen LogP contribution in [0.5, 0.6) is 0 Å². The predicted octanol–water partition coefficient (Wildman–Crippen LogP) is 2.18. The van der Waals surface area contributed by atoms with Crippen molar-refractivity contribution in [2.24, 2.45) is 0 Å². The standard InChI is InChI=1S/C24H27N5O5S/c1-16-21(17(2)34-26-16)35(32,33)28-13-11-27(12-14-28)15-29-22(30)24(3,25-23(29)31)20-10-6-8-18-7-4-5-9-19(18)20/h4-10H,11-15H2,1-3H3,(H,25,31)/t24-/m1/s1. The van der Waals surface area contributed by atoms with Crippen molar-refractivity contribution >= 4 is 32.7 Å². The summed E-state index contributed by atoms with van der Waals surface area (Å²) in [5, 5.41) is 8.53. The Morgan fingerprint density at radius 1 is 1.03 bits per heavy atom. The van der Waals surface area contributed by atoms with Gasteiger partial charge >= 0.3 is 6.03 Å². The molecule has 184 valence electrons. The fourth-order valence-corrected chi connectivity index (χ4v) is 6.67. The minimum absolute atomic E-state index is 0.0875. The van der Waals surface area contributed by atoms with E-state index in [4.69, 9.17) is 4.52 Å². The second-order valence-electron chi connectivity index (χ2n) is 9.13. The minimum atomic E-state index is -3.74. The molecule has 0 saturated carbocycles. The Labute approximate surface area is 203 Å². The molecule has 1 aromatic heterocycles. The van der Waals surface area contributed by atoms with E-state index in [1.807, 2.05) is 47.4 Å². The summed E-state index contributed by atoms with van der Waals surface area (Å²) in [6.07, 6.45) is 0. The molecule has 1 atom stereocenters. The van der Waals surface area contributed by atoms with Crippen molar-refractivity contribution in [3.63, 3.8) is 0 Å². The molecule has 0 bridgehead atoms. The van der Waals surface area contributed by atoms with Gasteiger partial charge in [0.25, 0.3) is 5.91 Å². The summed E-state index contributed by atoms with van der Waals surface area (Å²) < 4.78 is 32.6. The quantitative estimate of drug-likeness (QED) is 0.537. The number of carbonyl (C=O) groups is 2. The number of nitrogens with zero attached hydrogens (tertiary/aromatic N) is 4. The molecule has 2 fully saturated rings. The van der Waals surface area contributed by atoms with Gasteiger partial charge in [0.1, 0.15) is 16.1 Å². The number of sulfonamides is 1. The zero-order valence-electron chi connectivity index (χ0n) is 19.8. The lowest BCUT2D eigenvalue weighted by molar-refractivity contribution is -0.132. The maximum atomic E-state index is 13.5. The summed E-state index contributed by atoms with van der Waals surface area (Å²) in [6, 6.07) is 13.0. The van der Waals surface area contributed by atoms with E-state index in [9.17, 15) is 18.0 Å². The normalized spacial score (nSPS) is 22.2. The highest BCUT2D eigenvalue weighted by Gasteiger charge is 2.50. The first-order valence-corrected chi connectivity index (χ1v) is 12.8. The number of fused-ring (bicyclic) bond motifs is 1. The average molecular weight is 498 g/mol. The molecule has 2 saturated heterocycles. The average Bonchev–Trinajstić information content (AvgIpc) is 3.30. The van der Waals surface area contributed by atoms with E-state index in [0.717, 1.165) is 16.3 Å². The van der Waals surface area contributed by atoms with E-state index in [-0.39, 0.29) is 36.3 Å². The molecule has 0 radical (unpaired) electrons. The van der Waals surface area contributed by atoms with E-state index in [1.54, 1.807) is 20.8 Å². The molecule has 2 aliphatic heterocycles. The number of piperazine rings is 1. The Hall–Kier alpha value is -3.28. The SMILES string of the molecule is Cc1noc(C)c1S(=O)(=O)N1CCN(CN2C(=O)N[C@](C)(c3cccc4ccccc34)C2=O)CC1. The predicted molar refractivity (Wildman–Crippen MR) is 128 cm³/mol. The van der Waals surface area contributed by atoms with Gasteiger partial charge in [-0.3, -0.25) is 9.69 Å². The van der Waals surface area contributed by atoms with Crippen LogP contribution in [0.4, 0.5) is 4.79 Å². The maximum absolute atomic E-state index is 13.5. The number of rotatable bonds is 5. The zero-order valence-corrected chi connectivity index (χ0v) is 20.6. The van der Waals surface area contributed by atoms with Gasteiger partial charge in [0.15, 0.2) is 5.76 Å². The zero-order chi connectivity index (χ0) is 25.0. The third-order valence-electron chi connectivity index (χ3n) is 6.84. The fraction of sp³-hybridized carbons (Fsp3) is 0.375. The monoisotopic (exact) mass is 497 g/mol. The Balaban J connectivity index is 1.30. The van der Waals surface area contributed by atoms with Gasteiger partial charge in [-0.25, -0.2) is 18.1 Å². The number of urea groups is 1. The molecule has 11 heteroatoms. The van der Waals surface area contributed by atoms with Crippen LogP contribution in [0.15, 0.2) is 51.9 Å². The van der Waals surface area contributed by atoms with Crippen LogP contribution in [-0.2, 0) is 20.4 Å². The lowest BCUT2D eigenvalue weighted by Crippen LogP contribution is -2.52. The first-order chi connectivity index (χ1) is 16.6. The molecular formula is C24H27N5O5S. The van der Waals surface area contributed by atoms with Crippen LogP contribution in [0.3, 0.4) is 0 Å². The Morgan fingerprint density at radius 2 is 1.71 bits per heavy atom. The molecule has 10 nitrogen and oxygen atoms in total. The molecule has 0 aliphatic carbocycles. The van der Waals surface area contributed by atoms with Gasteiger partial charge in [-0.2, -0.15) is 4.31 Å². The molecule has 3 heterocycles. The van der Waals surface area contributed by atoms with Gasteiger partial charge in [0.05, 0.1) is 6.67 Å². The van der Waals surface area contributed by atoms with Gasteiger partial charge in [-0.15, -0.1) is 0 Å². The summed E-state index contributed by atoms with van der Waals surface area (Å²) in [4.78, 5) is 29.6. The van der Waals surface area contributed by atoms with E-state index in [2.05, 4.69) is 10.5 Å². The molecule has 2 aliphatic rings. The number of benzene rings is 2. The van der Waals surface area contributed by atoms with Crippen LogP contribution in [0.25, 0.3) is 10.8 Å². The van der Waals surface area contributed by atoms with Crippen molar-refractivity contribution in [2.75, 3.05) is 32.8 Å². The van der Waals surface area contributed by atoms with Crippen LogP contribution in [0.2, 0.25) is 0 Å². The third-order valence-corrected chi connectivity index (χ3v) is 8.99. The summed E-state index contributed by atoms with van der Waals surface area (Å²) >= 11 is 0. The van der Waals surface area contributed by atoms with E-state index < -0.39 is 21.6 Å². The Morgan fingerprint density at radius 3 is 2.40 bits per heavy atom. The number of hydrogen-bond donors (Lipinski definition) is 1. The molecule has 2 aromatic carbocycles. The van der Waals surface area contributed by atoms with E-state index in [0.29, 0.717) is 18.8 Å². The van der Waals surface area contributed by atoms with Crippen molar-refractivity contribution < 1.29 is 22.5 Å². The number of aromatic nitrogens is 1. The summed E-state index contributed by atoms with van der Waals surface area (Å²) in [7, 11) is -3.74. The molecule has 3 amide bonds. The van der Waals surface area contributed by atoms with Crippen molar-refractivity contribution in [1.29, 1.82) is 0 Å². The highest BCUT2D eigenvalue weighted by Crippen LogP contribution is 2.34. The minimum Gasteiger partial charge on any atom is -0.360 e. The van der Waals surface area contributed by atoms with E-state index >= 15 is 0 Å². The lowest BCUT2D eigenvalue weighted by atomic mass is 9.88. The number of hydrogen-bond acceptors (Lipinski definition) is 7. The van der Waals surface area contributed by atoms with Crippen molar-refractivity contribution in [3.8, 4) is 0 Å². The summed E-state index contributed by atoms with van der Waals surface area (Å²) in [5.74, 6) is -0.0680. The number of nitrogens with one attached hydrogen (secondary N) is 1. The fourth-order valence-electron chi connectivity index (χ4n) is 4.95. The highest BCUT2D eigenvalue weighted by atomic mass is 32.2. The number of carbonyl (C=O) groups excluding carboxylic acids is 2. The molecule has 5 rings (SSSR count). The molecule has 0 unspecified atom stereocenters. The second-order valence-corrected chi connectivity index (χ2v) is 11.0. The first-order valence-electron chi connectivity index (χ1n) is 11.4. The molecule has 1 N–H and O–H groups in total. The van der Waals surface area contributed by atoms with Crippen LogP contribution in [0.1, 0.15) is 23.9 Å². The molecular weight excluding hydrogens is 470 g/mol. The van der Waals surface area contributed by atoms with Gasteiger partial charge in [-0.05, 0) is 37.1 Å². The second kappa shape index (κ2) is 8.43. The van der Waals surface area contributed by atoms with Crippen LogP contribution >= 0.6 is 0 Å². The largest absolute Gasteiger partial charge is 0.360 e. The third kappa shape index (κ3) is 3.79. The molecule has 3 aromatic rings. The number of amides is 3. The van der Waals surface area contributed by atoms with Crippen LogP contribution in [-0.4, -0.2) is 72.5 Å². The first kappa shape index (κ1) is 23.5. The topological polar surface area (TPSA) is 116 Å². The van der Waals surface area contributed by atoms with Crippen molar-refractivity contribution in [2.45, 2.75) is 31.2 Å². The van der Waals surface area contributed by atoms with Crippen LogP contribution < -0.4 is 5.32 Å². The van der Waals surface area contributed by atoms with Gasteiger partial charge < -0.3 is 9.84 Å². The highest BCUT2D eigenvalue weighted by molar-refractivity contribution is 7.89. The summed E-state index contributed by atoms with van der Waals surface area (Å²) in [5.41, 5.74) is -0.115. The van der Waals surface area contributed by atoms with Crippen molar-refractivity contribution in [1.82, 2.24) is 24.6 Å². The van der Waals surface area contributed by atoms with E-state index in [1.165, 1.54) is 9.21 Å². The Bertz CT molecular complexity index is 1400. The van der Waals surface area contributed by atoms with Crippen molar-refractivity contribution in [3.05, 3.63) is 59.5 Å². The number of imide groups is 1. The number of aryl methyl sites for hydroxylation is 2. The van der Waals surface area contributed by atoms with Gasteiger partial charge in [-0.1, -0.05) is 47.6 Å². The molecule has 0 spiro atoms. The Kier molecular flexibility index (Phi) is 5.65. The maximum Gasteiger partial charge on any atom is 0.326 e.